The van der Waals surface area contributed by atoms with Crippen LogP contribution in [0.2, 0.25) is 0 Å². The molecule has 0 bridgehead atoms. The minimum Gasteiger partial charge on any atom is -0.293 e. The highest BCUT2D eigenvalue weighted by atomic mass is 32.2. The molecule has 0 fully saturated rings. The van der Waals surface area contributed by atoms with Gasteiger partial charge in [0.2, 0.25) is 0 Å². The van der Waals surface area contributed by atoms with Crippen molar-refractivity contribution in [1.29, 1.82) is 5.41 Å². The molecule has 0 saturated carbocycles. The molecule has 0 atom stereocenters. The summed E-state index contributed by atoms with van der Waals surface area (Å²) < 4.78 is 0. The highest BCUT2D eigenvalue weighted by Crippen LogP contribution is 2.21. The van der Waals surface area contributed by atoms with E-state index in [1.807, 2.05) is 31.4 Å². The molecule has 1 N–H and O–H groups in total. The largest absolute Gasteiger partial charge is 0.293 e. The zero-order valence-corrected chi connectivity index (χ0v) is 7.74. The van der Waals surface area contributed by atoms with Crippen molar-refractivity contribution in [2.45, 2.75) is 13.8 Å². The van der Waals surface area contributed by atoms with Crippen LogP contribution in [0.25, 0.3) is 0 Å². The fraction of sp³-hybridized carbons (Fsp3) is 0.222. The molecule has 11 heavy (non-hydrogen) atoms. The Kier molecular flexibility index (Phi) is 5.57. The summed E-state index contributed by atoms with van der Waals surface area (Å²) >= 11 is 1.43. The third-order valence-electron chi connectivity index (χ3n) is 0.993. The first-order valence-electron chi connectivity index (χ1n) is 3.59. The Labute approximate surface area is 72.4 Å². The van der Waals surface area contributed by atoms with E-state index in [4.69, 9.17) is 5.41 Å². The minimum atomic E-state index is 0.606. The normalized spacial score (nSPS) is 18.0. The van der Waals surface area contributed by atoms with E-state index in [1.54, 1.807) is 6.08 Å². The lowest BCUT2D eigenvalue weighted by Gasteiger charge is -1.88. The van der Waals surface area contributed by atoms with Crippen LogP contribution in [-0.2, 0) is 0 Å². The average Bonchev–Trinajstić information content (AvgIpc) is 2.42. The Hall–Kier alpha value is -0.760. The van der Waals surface area contributed by atoms with Gasteiger partial charge < -0.3 is 0 Å². The van der Waals surface area contributed by atoms with Crippen molar-refractivity contribution in [2.24, 2.45) is 0 Å². The summed E-state index contributed by atoms with van der Waals surface area (Å²) in [6.07, 6.45) is 5.44. The van der Waals surface area contributed by atoms with E-state index in [0.717, 1.165) is 5.57 Å². The van der Waals surface area contributed by atoms with Crippen LogP contribution in [0.5, 0.6) is 0 Å². The van der Waals surface area contributed by atoms with Crippen molar-refractivity contribution in [1.82, 2.24) is 0 Å². The average molecular weight is 167 g/mol. The third kappa shape index (κ3) is 3.23. The zero-order chi connectivity index (χ0) is 8.69. The molecule has 0 unspecified atom stereocenters. The molecule has 1 heterocycles. The summed E-state index contributed by atoms with van der Waals surface area (Å²) in [6, 6.07) is 0. The number of thioether (sulfide) groups is 1. The van der Waals surface area contributed by atoms with Gasteiger partial charge >= 0.3 is 0 Å². The smallest absolute Gasteiger partial charge is 0.0984 e. The van der Waals surface area contributed by atoms with Crippen molar-refractivity contribution in [2.75, 3.05) is 0 Å². The van der Waals surface area contributed by atoms with E-state index in [9.17, 15) is 0 Å². The highest BCUT2D eigenvalue weighted by molar-refractivity contribution is 8.17. The monoisotopic (exact) mass is 167 g/mol. The molecule has 60 valence electrons. The predicted molar refractivity (Wildman–Crippen MR) is 54.1 cm³/mol. The molecule has 1 rings (SSSR count). The minimum absolute atomic E-state index is 0.606. The Morgan fingerprint density at radius 1 is 1.55 bits per heavy atom. The summed E-state index contributed by atoms with van der Waals surface area (Å²) in [5.74, 6) is 0. The van der Waals surface area contributed by atoms with Gasteiger partial charge in [0.15, 0.2) is 0 Å². The van der Waals surface area contributed by atoms with E-state index in [2.05, 4.69) is 6.58 Å². The zero-order valence-electron chi connectivity index (χ0n) is 6.92. The molecule has 0 aliphatic carbocycles. The first-order valence-corrected chi connectivity index (χ1v) is 4.47. The second-order valence-corrected chi connectivity index (χ2v) is 2.52. The summed E-state index contributed by atoms with van der Waals surface area (Å²) in [7, 11) is 0. The van der Waals surface area contributed by atoms with Crippen LogP contribution in [0.3, 0.4) is 0 Å². The van der Waals surface area contributed by atoms with Crippen LogP contribution >= 0.6 is 11.8 Å². The van der Waals surface area contributed by atoms with Crippen LogP contribution in [0, 0.1) is 5.41 Å². The van der Waals surface area contributed by atoms with Crippen LogP contribution in [0.15, 0.2) is 35.8 Å². The molecule has 0 aromatic rings. The highest BCUT2D eigenvalue weighted by Gasteiger charge is 2.04. The lowest BCUT2D eigenvalue weighted by molar-refractivity contribution is 1.50. The van der Waals surface area contributed by atoms with Gasteiger partial charge in [-0.15, -0.1) is 0 Å². The van der Waals surface area contributed by atoms with E-state index < -0.39 is 0 Å². The number of hydrogen-bond donors (Lipinski definition) is 1. The van der Waals surface area contributed by atoms with Crippen molar-refractivity contribution in [3.63, 3.8) is 0 Å². The molecule has 0 aromatic carbocycles. The summed E-state index contributed by atoms with van der Waals surface area (Å²) in [4.78, 5) is 0. The van der Waals surface area contributed by atoms with Crippen molar-refractivity contribution < 1.29 is 0 Å². The molecule has 0 radical (unpaired) electrons. The van der Waals surface area contributed by atoms with Crippen LogP contribution < -0.4 is 0 Å². The summed E-state index contributed by atoms with van der Waals surface area (Å²) in [5, 5.41) is 9.80. The second-order valence-electron chi connectivity index (χ2n) is 1.61. The molecule has 1 nitrogen and oxygen atoms in total. The fourth-order valence-electron chi connectivity index (χ4n) is 0.577. The van der Waals surface area contributed by atoms with Crippen LogP contribution in [0.4, 0.5) is 0 Å². The maximum Gasteiger partial charge on any atom is 0.0984 e. The van der Waals surface area contributed by atoms with Crippen LogP contribution in [-0.4, -0.2) is 5.04 Å². The molecule has 0 saturated heterocycles. The molecule has 2 heteroatoms. The Bertz CT molecular complexity index is 202. The number of allylic oxidation sites excluding steroid dienone is 3. The quantitative estimate of drug-likeness (QED) is 0.636. The standard InChI is InChI=1S/C7H7NS.C2H6/c1-2-3-6-4-5-9-7(6)8;1-2/h2-5,8H,1H2;1-2H3/b6-3-,8-7?;. The molecular weight excluding hydrogens is 154 g/mol. The molecule has 0 aromatic heterocycles. The van der Waals surface area contributed by atoms with Gasteiger partial charge in [-0.1, -0.05) is 44.3 Å². The number of rotatable bonds is 1. The molecule has 1 aliphatic heterocycles. The Morgan fingerprint density at radius 2 is 2.18 bits per heavy atom. The number of hydrogen-bond acceptors (Lipinski definition) is 2. The lowest BCUT2D eigenvalue weighted by Crippen LogP contribution is -1.83. The van der Waals surface area contributed by atoms with Gasteiger partial charge in [-0.2, -0.15) is 0 Å². The third-order valence-corrected chi connectivity index (χ3v) is 1.74. The van der Waals surface area contributed by atoms with Crippen molar-refractivity contribution in [3.05, 3.63) is 35.8 Å². The summed E-state index contributed by atoms with van der Waals surface area (Å²) in [6.45, 7) is 7.54. The van der Waals surface area contributed by atoms with Gasteiger partial charge in [0.05, 0.1) is 5.04 Å². The Morgan fingerprint density at radius 3 is 2.55 bits per heavy atom. The van der Waals surface area contributed by atoms with E-state index >= 15 is 0 Å². The summed E-state index contributed by atoms with van der Waals surface area (Å²) in [5.41, 5.74) is 0.954. The maximum absolute atomic E-state index is 7.29. The van der Waals surface area contributed by atoms with E-state index in [1.165, 1.54) is 11.8 Å². The van der Waals surface area contributed by atoms with Gasteiger partial charge in [-0.25, -0.2) is 0 Å². The maximum atomic E-state index is 7.29. The first kappa shape index (κ1) is 10.2. The van der Waals surface area contributed by atoms with Gasteiger partial charge in [0, 0.05) is 5.57 Å². The van der Waals surface area contributed by atoms with E-state index in [-0.39, 0.29) is 0 Å². The number of nitrogens with one attached hydrogen (secondary N) is 1. The Balaban J connectivity index is 0.000000461. The lowest BCUT2D eigenvalue weighted by atomic mass is 10.3. The van der Waals surface area contributed by atoms with Gasteiger partial charge in [0.25, 0.3) is 0 Å². The van der Waals surface area contributed by atoms with Crippen molar-refractivity contribution >= 4 is 16.8 Å². The van der Waals surface area contributed by atoms with Gasteiger partial charge in [0.1, 0.15) is 0 Å². The SMILES string of the molecule is C=C/C=C1/C=CSC1=N.CC. The van der Waals surface area contributed by atoms with Crippen molar-refractivity contribution in [3.8, 4) is 0 Å². The molecule has 0 spiro atoms. The second kappa shape index (κ2) is 5.98. The van der Waals surface area contributed by atoms with Gasteiger partial charge in [-0.05, 0) is 11.5 Å². The topological polar surface area (TPSA) is 23.9 Å². The molecule has 1 aliphatic rings. The van der Waals surface area contributed by atoms with Crippen LogP contribution in [0.1, 0.15) is 13.8 Å². The molecular formula is C9H13NS. The first-order chi connectivity index (χ1) is 5.34. The fourth-order valence-corrected chi connectivity index (χ4v) is 1.20. The van der Waals surface area contributed by atoms with Gasteiger partial charge in [-0.3, -0.25) is 5.41 Å². The molecule has 0 amide bonds. The van der Waals surface area contributed by atoms with E-state index in [0.29, 0.717) is 5.04 Å². The predicted octanol–water partition coefficient (Wildman–Crippen LogP) is 3.36.